The number of aromatic amines is 1. The monoisotopic (exact) mass is 385 g/mol. The van der Waals surface area contributed by atoms with Crippen LogP contribution in [0.15, 0.2) is 53.7 Å². The SMILES string of the molecule is CC(C)(C)c1ccc(-c2nnc(SCC(=O)c3ccc(Cl)cc3)[nH]2)cc1. The van der Waals surface area contributed by atoms with Gasteiger partial charge < -0.3 is 4.98 Å². The predicted molar refractivity (Wildman–Crippen MR) is 107 cm³/mol. The minimum absolute atomic E-state index is 0.0270. The average Bonchev–Trinajstić information content (AvgIpc) is 3.09. The van der Waals surface area contributed by atoms with Crippen molar-refractivity contribution >= 4 is 29.1 Å². The van der Waals surface area contributed by atoms with Crippen LogP contribution in [0.5, 0.6) is 0 Å². The Balaban J connectivity index is 1.64. The number of hydrogen-bond acceptors (Lipinski definition) is 4. The van der Waals surface area contributed by atoms with E-state index in [1.165, 1.54) is 17.3 Å². The first-order valence-electron chi connectivity index (χ1n) is 8.28. The molecule has 0 spiro atoms. The van der Waals surface area contributed by atoms with Gasteiger partial charge in [-0.25, -0.2) is 0 Å². The Morgan fingerprint density at radius 2 is 1.69 bits per heavy atom. The molecule has 0 aliphatic rings. The zero-order valence-electron chi connectivity index (χ0n) is 14.9. The van der Waals surface area contributed by atoms with E-state index < -0.39 is 0 Å². The van der Waals surface area contributed by atoms with Gasteiger partial charge in [0.05, 0.1) is 5.75 Å². The molecule has 0 aliphatic heterocycles. The first-order valence-corrected chi connectivity index (χ1v) is 9.64. The second-order valence-electron chi connectivity index (χ2n) is 7.02. The van der Waals surface area contributed by atoms with Crippen LogP contribution in [-0.2, 0) is 5.41 Å². The number of halogens is 1. The fraction of sp³-hybridized carbons (Fsp3) is 0.250. The van der Waals surface area contributed by atoms with Crippen molar-refractivity contribution in [2.45, 2.75) is 31.3 Å². The molecule has 0 saturated heterocycles. The number of benzene rings is 2. The zero-order chi connectivity index (χ0) is 18.7. The summed E-state index contributed by atoms with van der Waals surface area (Å²) in [5.41, 5.74) is 2.99. The van der Waals surface area contributed by atoms with E-state index in [1.54, 1.807) is 24.3 Å². The minimum Gasteiger partial charge on any atom is -0.316 e. The molecule has 0 bridgehead atoms. The van der Waals surface area contributed by atoms with Gasteiger partial charge in [-0.1, -0.05) is 68.4 Å². The number of rotatable bonds is 5. The number of nitrogens with zero attached hydrogens (tertiary/aromatic N) is 2. The molecule has 6 heteroatoms. The highest BCUT2D eigenvalue weighted by atomic mass is 35.5. The maximum absolute atomic E-state index is 12.2. The third-order valence-electron chi connectivity index (χ3n) is 4.00. The topological polar surface area (TPSA) is 58.6 Å². The van der Waals surface area contributed by atoms with Crippen molar-refractivity contribution in [1.82, 2.24) is 15.2 Å². The van der Waals surface area contributed by atoms with Crippen molar-refractivity contribution in [3.05, 3.63) is 64.7 Å². The molecule has 0 unspecified atom stereocenters. The summed E-state index contributed by atoms with van der Waals surface area (Å²) in [7, 11) is 0. The minimum atomic E-state index is 0.0270. The molecule has 26 heavy (non-hydrogen) atoms. The van der Waals surface area contributed by atoms with Crippen LogP contribution < -0.4 is 0 Å². The molecule has 0 radical (unpaired) electrons. The van der Waals surface area contributed by atoms with Crippen LogP contribution in [0.4, 0.5) is 0 Å². The van der Waals surface area contributed by atoms with Gasteiger partial charge in [0.25, 0.3) is 0 Å². The van der Waals surface area contributed by atoms with Crippen molar-refractivity contribution in [2.24, 2.45) is 0 Å². The number of aromatic nitrogens is 3. The van der Waals surface area contributed by atoms with E-state index in [2.05, 4.69) is 48.1 Å². The molecule has 4 nitrogen and oxygen atoms in total. The van der Waals surface area contributed by atoms with Crippen molar-refractivity contribution in [3.8, 4) is 11.4 Å². The molecule has 3 aromatic rings. The standard InChI is InChI=1S/C20H20ClN3OS/c1-20(2,3)15-8-4-14(5-9-15)18-22-19(24-23-18)26-12-17(25)13-6-10-16(21)11-7-13/h4-11H,12H2,1-3H3,(H,22,23,24). The van der Waals surface area contributed by atoms with E-state index in [0.717, 1.165) is 5.56 Å². The van der Waals surface area contributed by atoms with Gasteiger partial charge in [0.15, 0.2) is 16.8 Å². The number of Topliss-reactive ketones (excluding diaryl/α,β-unsaturated/α-hetero) is 1. The lowest BCUT2D eigenvalue weighted by Gasteiger charge is -2.18. The summed E-state index contributed by atoms with van der Waals surface area (Å²) in [5, 5.41) is 9.56. The van der Waals surface area contributed by atoms with E-state index in [1.807, 2.05) is 12.1 Å². The fourth-order valence-electron chi connectivity index (χ4n) is 2.42. The van der Waals surface area contributed by atoms with Gasteiger partial charge >= 0.3 is 0 Å². The van der Waals surface area contributed by atoms with Gasteiger partial charge in [0, 0.05) is 16.1 Å². The Morgan fingerprint density at radius 1 is 1.04 bits per heavy atom. The van der Waals surface area contributed by atoms with E-state index in [-0.39, 0.29) is 11.2 Å². The van der Waals surface area contributed by atoms with Crippen LogP contribution in [0, 0.1) is 0 Å². The summed E-state index contributed by atoms with van der Waals surface area (Å²) in [6.45, 7) is 6.55. The highest BCUT2D eigenvalue weighted by Gasteiger charge is 2.14. The summed E-state index contributed by atoms with van der Waals surface area (Å²) >= 11 is 7.18. The van der Waals surface area contributed by atoms with Crippen molar-refractivity contribution in [3.63, 3.8) is 0 Å². The molecule has 0 amide bonds. The lowest BCUT2D eigenvalue weighted by atomic mass is 9.87. The molecule has 1 heterocycles. The summed E-state index contributed by atoms with van der Waals surface area (Å²) in [4.78, 5) is 15.4. The van der Waals surface area contributed by atoms with Crippen LogP contribution in [0.2, 0.25) is 5.02 Å². The van der Waals surface area contributed by atoms with Gasteiger partial charge in [-0.05, 0) is 35.2 Å². The normalized spacial score (nSPS) is 11.5. The highest BCUT2D eigenvalue weighted by Crippen LogP contribution is 2.25. The molecule has 1 N–H and O–H groups in total. The third kappa shape index (κ3) is 4.54. The van der Waals surface area contributed by atoms with Crippen LogP contribution in [0.3, 0.4) is 0 Å². The lowest BCUT2D eigenvalue weighted by molar-refractivity contribution is 0.102. The zero-order valence-corrected chi connectivity index (χ0v) is 16.5. The van der Waals surface area contributed by atoms with E-state index >= 15 is 0 Å². The highest BCUT2D eigenvalue weighted by molar-refractivity contribution is 7.99. The molecule has 0 fully saturated rings. The number of ketones is 1. The smallest absolute Gasteiger partial charge is 0.189 e. The van der Waals surface area contributed by atoms with E-state index in [9.17, 15) is 4.79 Å². The molecule has 134 valence electrons. The van der Waals surface area contributed by atoms with Gasteiger partial charge in [0.2, 0.25) is 0 Å². The molecule has 2 aromatic carbocycles. The summed E-state index contributed by atoms with van der Waals surface area (Å²) in [6, 6.07) is 15.2. The van der Waals surface area contributed by atoms with Gasteiger partial charge in [-0.2, -0.15) is 0 Å². The Hall–Kier alpha value is -2.11. The summed E-state index contributed by atoms with van der Waals surface area (Å²) in [6.07, 6.45) is 0. The number of thioether (sulfide) groups is 1. The Morgan fingerprint density at radius 3 is 2.31 bits per heavy atom. The largest absolute Gasteiger partial charge is 0.316 e. The van der Waals surface area contributed by atoms with Crippen LogP contribution >= 0.6 is 23.4 Å². The van der Waals surface area contributed by atoms with Crippen molar-refractivity contribution in [1.29, 1.82) is 0 Å². The molecule has 0 aliphatic carbocycles. The number of carbonyl (C=O) groups excluding carboxylic acids is 1. The number of carbonyl (C=O) groups is 1. The average molecular weight is 386 g/mol. The second-order valence-corrected chi connectivity index (χ2v) is 8.43. The van der Waals surface area contributed by atoms with E-state index in [0.29, 0.717) is 27.3 Å². The first-order chi connectivity index (χ1) is 12.3. The number of nitrogens with one attached hydrogen (secondary N) is 1. The lowest BCUT2D eigenvalue weighted by Crippen LogP contribution is -2.10. The maximum atomic E-state index is 12.2. The van der Waals surface area contributed by atoms with Crippen LogP contribution in [0.25, 0.3) is 11.4 Å². The van der Waals surface area contributed by atoms with Crippen molar-refractivity contribution < 1.29 is 4.79 Å². The van der Waals surface area contributed by atoms with E-state index in [4.69, 9.17) is 11.6 Å². The molecule has 1 aromatic heterocycles. The van der Waals surface area contributed by atoms with Gasteiger partial charge in [-0.15, -0.1) is 10.2 Å². The molecular weight excluding hydrogens is 366 g/mol. The molecule has 0 atom stereocenters. The molecule has 0 saturated carbocycles. The summed E-state index contributed by atoms with van der Waals surface area (Å²) < 4.78 is 0. The van der Waals surface area contributed by atoms with Crippen LogP contribution in [0.1, 0.15) is 36.7 Å². The quantitative estimate of drug-likeness (QED) is 0.472. The third-order valence-corrected chi connectivity index (χ3v) is 5.11. The number of H-pyrrole nitrogens is 1. The first kappa shape index (κ1) is 18.7. The Bertz CT molecular complexity index is 896. The predicted octanol–water partition coefficient (Wildman–Crippen LogP) is 5.40. The summed E-state index contributed by atoms with van der Waals surface area (Å²) in [5.74, 6) is 1.02. The van der Waals surface area contributed by atoms with Gasteiger partial charge in [0.1, 0.15) is 0 Å². The van der Waals surface area contributed by atoms with Crippen molar-refractivity contribution in [2.75, 3.05) is 5.75 Å². The Labute approximate surface area is 162 Å². The molecule has 3 rings (SSSR count). The molecular formula is C20H20ClN3OS. The fourth-order valence-corrected chi connectivity index (χ4v) is 3.25. The maximum Gasteiger partial charge on any atom is 0.189 e. The Kier molecular flexibility index (Phi) is 5.49. The second kappa shape index (κ2) is 7.64. The van der Waals surface area contributed by atoms with Crippen LogP contribution in [-0.4, -0.2) is 26.7 Å². The number of hydrogen-bond donors (Lipinski definition) is 1. The van der Waals surface area contributed by atoms with Gasteiger partial charge in [-0.3, -0.25) is 4.79 Å².